The molecule has 0 unspecified atom stereocenters. The van der Waals surface area contributed by atoms with Crippen LogP contribution in [0.2, 0.25) is 0 Å². The van der Waals surface area contributed by atoms with Crippen molar-refractivity contribution in [3.63, 3.8) is 0 Å². The number of pyridine rings is 1. The smallest absolute Gasteiger partial charge is 0.339 e. The lowest BCUT2D eigenvalue weighted by Gasteiger charge is -2.30. The average Bonchev–Trinajstić information content (AvgIpc) is 2.66. The van der Waals surface area contributed by atoms with Crippen LogP contribution < -0.4 is 4.90 Å². The van der Waals surface area contributed by atoms with E-state index >= 15 is 0 Å². The zero-order valence-electron chi connectivity index (χ0n) is 10.8. The Kier molecular flexibility index (Phi) is 4.18. The van der Waals surface area contributed by atoms with E-state index in [1.165, 1.54) is 31.9 Å². The van der Waals surface area contributed by atoms with Gasteiger partial charge in [0, 0.05) is 25.5 Å². The van der Waals surface area contributed by atoms with Crippen molar-refractivity contribution in [2.24, 2.45) is 0 Å². The van der Waals surface area contributed by atoms with E-state index in [1.54, 1.807) is 12.3 Å². The van der Waals surface area contributed by atoms with E-state index in [-0.39, 0.29) is 0 Å². The topological polar surface area (TPSA) is 53.4 Å². The number of carbonyl (C=O) groups is 1. The van der Waals surface area contributed by atoms with Gasteiger partial charge in [0.25, 0.3) is 0 Å². The number of nitrogens with zero attached hydrogens (tertiary/aromatic N) is 2. The van der Waals surface area contributed by atoms with E-state index in [2.05, 4.69) is 9.88 Å². The Morgan fingerprint density at radius 1 is 1.33 bits per heavy atom. The van der Waals surface area contributed by atoms with Crippen LogP contribution >= 0.6 is 0 Å². The van der Waals surface area contributed by atoms with Gasteiger partial charge in [-0.3, -0.25) is 4.98 Å². The van der Waals surface area contributed by atoms with E-state index in [0.29, 0.717) is 11.6 Å². The molecule has 1 aromatic heterocycles. The van der Waals surface area contributed by atoms with Crippen LogP contribution in [0.5, 0.6) is 0 Å². The maximum Gasteiger partial charge on any atom is 0.339 e. The fourth-order valence-corrected chi connectivity index (χ4v) is 2.70. The summed E-state index contributed by atoms with van der Waals surface area (Å²) in [4.78, 5) is 17.2. The minimum Gasteiger partial charge on any atom is -0.478 e. The maximum absolute atomic E-state index is 11.2. The Bertz CT molecular complexity index is 412. The highest BCUT2D eigenvalue weighted by atomic mass is 16.4. The molecule has 0 aromatic carbocycles. The third-order valence-electron chi connectivity index (χ3n) is 3.78. The van der Waals surface area contributed by atoms with Gasteiger partial charge in [-0.15, -0.1) is 0 Å². The molecule has 1 aromatic rings. The highest BCUT2D eigenvalue weighted by Gasteiger charge is 2.21. The summed E-state index contributed by atoms with van der Waals surface area (Å²) in [6, 6.07) is 2.25. The highest BCUT2D eigenvalue weighted by Crippen LogP contribution is 2.27. The minimum absolute atomic E-state index is 0.296. The molecule has 1 aliphatic carbocycles. The van der Waals surface area contributed by atoms with Crippen LogP contribution in [0.25, 0.3) is 0 Å². The molecule has 1 fully saturated rings. The van der Waals surface area contributed by atoms with Crippen LogP contribution in [0.15, 0.2) is 18.5 Å². The summed E-state index contributed by atoms with van der Waals surface area (Å²) >= 11 is 0. The summed E-state index contributed by atoms with van der Waals surface area (Å²) < 4.78 is 0. The van der Waals surface area contributed by atoms with Crippen molar-refractivity contribution in [1.29, 1.82) is 0 Å². The molecule has 1 aliphatic rings. The average molecular weight is 248 g/mol. The number of carboxylic acid groups (broad SMARTS) is 1. The molecule has 1 heterocycles. The molecule has 0 saturated heterocycles. The first-order valence-corrected chi connectivity index (χ1v) is 6.60. The number of rotatable bonds is 3. The van der Waals surface area contributed by atoms with Gasteiger partial charge < -0.3 is 10.0 Å². The molecule has 1 saturated carbocycles. The van der Waals surface area contributed by atoms with Crippen LogP contribution in [0, 0.1) is 0 Å². The van der Waals surface area contributed by atoms with Gasteiger partial charge in [-0.25, -0.2) is 4.79 Å². The first-order chi connectivity index (χ1) is 8.70. The van der Waals surface area contributed by atoms with Crippen molar-refractivity contribution >= 4 is 11.7 Å². The van der Waals surface area contributed by atoms with Crippen molar-refractivity contribution < 1.29 is 9.90 Å². The van der Waals surface area contributed by atoms with Gasteiger partial charge in [0.1, 0.15) is 5.56 Å². The second-order valence-corrected chi connectivity index (χ2v) is 4.95. The number of carboxylic acids is 1. The molecule has 0 amide bonds. The molecule has 4 heteroatoms. The first kappa shape index (κ1) is 12.9. The molecule has 18 heavy (non-hydrogen) atoms. The van der Waals surface area contributed by atoms with Gasteiger partial charge in [0.2, 0.25) is 0 Å². The van der Waals surface area contributed by atoms with Crippen molar-refractivity contribution in [2.45, 2.75) is 44.6 Å². The van der Waals surface area contributed by atoms with E-state index < -0.39 is 5.97 Å². The van der Waals surface area contributed by atoms with Crippen molar-refractivity contribution in [1.82, 2.24) is 4.98 Å². The molecule has 4 nitrogen and oxygen atoms in total. The highest BCUT2D eigenvalue weighted by molar-refractivity contribution is 5.94. The summed E-state index contributed by atoms with van der Waals surface area (Å²) in [6.45, 7) is 0. The van der Waals surface area contributed by atoms with Crippen molar-refractivity contribution in [3.8, 4) is 0 Å². The Morgan fingerprint density at radius 3 is 2.61 bits per heavy atom. The van der Waals surface area contributed by atoms with Gasteiger partial charge in [-0.05, 0) is 18.9 Å². The molecule has 0 bridgehead atoms. The third-order valence-corrected chi connectivity index (χ3v) is 3.78. The number of anilines is 1. The summed E-state index contributed by atoms with van der Waals surface area (Å²) in [5.41, 5.74) is 1.08. The quantitative estimate of drug-likeness (QED) is 0.836. The lowest BCUT2D eigenvalue weighted by atomic mass is 10.1. The molecule has 0 aliphatic heterocycles. The molecule has 2 rings (SSSR count). The molecule has 0 spiro atoms. The van der Waals surface area contributed by atoms with Crippen molar-refractivity contribution in [2.75, 3.05) is 11.9 Å². The predicted molar refractivity (Wildman–Crippen MR) is 71.1 cm³/mol. The van der Waals surface area contributed by atoms with E-state index in [4.69, 9.17) is 0 Å². The monoisotopic (exact) mass is 248 g/mol. The number of hydrogen-bond acceptors (Lipinski definition) is 3. The van der Waals surface area contributed by atoms with Gasteiger partial charge in [0.05, 0.1) is 5.69 Å². The third kappa shape index (κ3) is 2.81. The Balaban J connectivity index is 2.21. The molecule has 1 N–H and O–H groups in total. The second-order valence-electron chi connectivity index (χ2n) is 4.95. The van der Waals surface area contributed by atoms with Gasteiger partial charge in [-0.1, -0.05) is 25.7 Å². The van der Waals surface area contributed by atoms with Crippen LogP contribution in [0.1, 0.15) is 48.9 Å². The number of aromatic nitrogens is 1. The fraction of sp³-hybridized carbons (Fsp3) is 0.571. The lowest BCUT2D eigenvalue weighted by molar-refractivity contribution is 0.0697. The van der Waals surface area contributed by atoms with E-state index in [1.807, 2.05) is 7.05 Å². The standard InChI is InChI=1S/C14H20N2O2/c1-16(11-6-4-2-3-5-7-11)13-8-9-15-10-12(13)14(17)18/h8-11H,2-7H2,1H3,(H,17,18). The molecular weight excluding hydrogens is 228 g/mol. The minimum atomic E-state index is -0.904. The van der Waals surface area contributed by atoms with Gasteiger partial charge >= 0.3 is 5.97 Å². The van der Waals surface area contributed by atoms with E-state index in [9.17, 15) is 9.90 Å². The summed E-state index contributed by atoms with van der Waals surface area (Å²) in [6.07, 6.45) is 10.5. The summed E-state index contributed by atoms with van der Waals surface area (Å²) in [5.74, 6) is -0.904. The summed E-state index contributed by atoms with van der Waals surface area (Å²) in [5, 5.41) is 9.20. The maximum atomic E-state index is 11.2. The van der Waals surface area contributed by atoms with Crippen LogP contribution in [-0.2, 0) is 0 Å². The summed E-state index contributed by atoms with van der Waals surface area (Å²) in [7, 11) is 2.00. The molecule has 0 atom stereocenters. The van der Waals surface area contributed by atoms with Gasteiger partial charge in [-0.2, -0.15) is 0 Å². The predicted octanol–water partition coefficient (Wildman–Crippen LogP) is 2.94. The Hall–Kier alpha value is -1.58. The molecular formula is C14H20N2O2. The molecule has 98 valence electrons. The Labute approximate surface area is 108 Å². The van der Waals surface area contributed by atoms with E-state index in [0.717, 1.165) is 18.5 Å². The normalized spacial score (nSPS) is 17.2. The SMILES string of the molecule is CN(c1ccncc1C(=O)O)C1CCCCCC1. The fourth-order valence-electron chi connectivity index (χ4n) is 2.70. The van der Waals surface area contributed by atoms with Crippen LogP contribution in [0.3, 0.4) is 0 Å². The first-order valence-electron chi connectivity index (χ1n) is 6.60. The van der Waals surface area contributed by atoms with Gasteiger partial charge in [0.15, 0.2) is 0 Å². The molecule has 0 radical (unpaired) electrons. The zero-order valence-corrected chi connectivity index (χ0v) is 10.8. The van der Waals surface area contributed by atoms with Crippen LogP contribution in [0.4, 0.5) is 5.69 Å². The number of aromatic carboxylic acids is 1. The largest absolute Gasteiger partial charge is 0.478 e. The number of hydrogen-bond donors (Lipinski definition) is 1. The second kappa shape index (κ2) is 5.85. The lowest BCUT2D eigenvalue weighted by Crippen LogP contribution is -2.32. The zero-order chi connectivity index (χ0) is 13.0. The van der Waals surface area contributed by atoms with Crippen LogP contribution in [-0.4, -0.2) is 29.1 Å². The Morgan fingerprint density at radius 2 is 2.00 bits per heavy atom. The van der Waals surface area contributed by atoms with Crippen molar-refractivity contribution in [3.05, 3.63) is 24.0 Å².